The predicted molar refractivity (Wildman–Crippen MR) is 90.3 cm³/mol. The molecule has 0 radical (unpaired) electrons. The lowest BCUT2D eigenvalue weighted by Gasteiger charge is -2.31. The van der Waals surface area contributed by atoms with Crippen molar-refractivity contribution in [1.82, 2.24) is 5.01 Å². The van der Waals surface area contributed by atoms with E-state index in [1.165, 1.54) is 5.01 Å². The lowest BCUT2D eigenvalue weighted by atomic mass is 9.96. The van der Waals surface area contributed by atoms with E-state index in [0.29, 0.717) is 29.0 Å². The Morgan fingerprint density at radius 2 is 1.87 bits per heavy atom. The van der Waals surface area contributed by atoms with Crippen molar-refractivity contribution in [3.05, 3.63) is 70.7 Å². The molecule has 1 atom stereocenters. The van der Waals surface area contributed by atoms with Gasteiger partial charge >= 0.3 is 0 Å². The third-order valence-corrected chi connectivity index (χ3v) is 4.22. The molecule has 0 bridgehead atoms. The van der Waals surface area contributed by atoms with Gasteiger partial charge in [-0.2, -0.15) is 10.1 Å². The summed E-state index contributed by atoms with van der Waals surface area (Å²) in [6, 6.07) is 15.7. The number of amides is 1. The zero-order chi connectivity index (χ0) is 16.4. The Labute approximate surface area is 140 Å². The van der Waals surface area contributed by atoms with Crippen LogP contribution in [0.3, 0.4) is 0 Å². The summed E-state index contributed by atoms with van der Waals surface area (Å²) in [6.45, 7) is 1.96. The summed E-state index contributed by atoms with van der Waals surface area (Å²) < 4.78 is 0. The summed E-state index contributed by atoms with van der Waals surface area (Å²) in [5, 5.41) is 17.3. The van der Waals surface area contributed by atoms with Gasteiger partial charge in [-0.1, -0.05) is 48.9 Å². The fourth-order valence-corrected chi connectivity index (χ4v) is 2.80. The molecule has 3 rings (SSSR count). The number of carbonyl (C=O) groups is 1. The molecular weight excluding hydrogens is 312 g/mol. The molecule has 0 saturated carbocycles. The quantitative estimate of drug-likeness (QED) is 0.931. The Morgan fingerprint density at radius 1 is 1.22 bits per heavy atom. The molecule has 4 nitrogen and oxygen atoms in total. The highest BCUT2D eigenvalue weighted by molar-refractivity contribution is 6.30. The summed E-state index contributed by atoms with van der Waals surface area (Å²) in [4.78, 5) is 12.8. The summed E-state index contributed by atoms with van der Waals surface area (Å²) in [5.74, 6) is -0.350. The van der Waals surface area contributed by atoms with Crippen molar-refractivity contribution in [2.45, 2.75) is 25.5 Å². The largest absolute Gasteiger partial charge is 0.365 e. The molecule has 2 aromatic carbocycles. The van der Waals surface area contributed by atoms with E-state index in [-0.39, 0.29) is 5.91 Å². The van der Waals surface area contributed by atoms with Gasteiger partial charge in [-0.3, -0.25) is 4.79 Å². The molecule has 0 unspecified atom stereocenters. The van der Waals surface area contributed by atoms with Crippen LogP contribution in [-0.4, -0.2) is 21.7 Å². The van der Waals surface area contributed by atoms with Crippen LogP contribution in [-0.2, 0) is 5.72 Å². The summed E-state index contributed by atoms with van der Waals surface area (Å²) >= 11 is 5.87. The number of rotatable bonds is 3. The van der Waals surface area contributed by atoms with Crippen LogP contribution in [0.2, 0.25) is 5.02 Å². The van der Waals surface area contributed by atoms with Crippen molar-refractivity contribution in [2.24, 2.45) is 5.10 Å². The first-order valence-corrected chi connectivity index (χ1v) is 7.87. The molecule has 0 aliphatic carbocycles. The highest BCUT2D eigenvalue weighted by atomic mass is 35.5. The first-order valence-electron chi connectivity index (χ1n) is 7.49. The Hall–Kier alpha value is -2.17. The van der Waals surface area contributed by atoms with Crippen LogP contribution in [0.1, 0.15) is 35.7 Å². The third-order valence-electron chi connectivity index (χ3n) is 3.97. The molecule has 2 aromatic rings. The van der Waals surface area contributed by atoms with E-state index < -0.39 is 5.72 Å². The van der Waals surface area contributed by atoms with Crippen molar-refractivity contribution in [3.8, 4) is 0 Å². The van der Waals surface area contributed by atoms with E-state index in [1.807, 2.05) is 25.1 Å². The maximum Gasteiger partial charge on any atom is 0.276 e. The van der Waals surface area contributed by atoms with E-state index >= 15 is 0 Å². The number of hydrogen-bond donors (Lipinski definition) is 1. The van der Waals surface area contributed by atoms with E-state index in [4.69, 9.17) is 11.6 Å². The molecule has 1 aliphatic rings. The molecule has 1 heterocycles. The van der Waals surface area contributed by atoms with Crippen molar-refractivity contribution in [3.63, 3.8) is 0 Å². The van der Waals surface area contributed by atoms with Gasteiger partial charge in [-0.15, -0.1) is 0 Å². The molecule has 1 N–H and O–H groups in total. The number of benzene rings is 2. The normalized spacial score (nSPS) is 20.5. The highest BCUT2D eigenvalue weighted by Gasteiger charge is 2.45. The fourth-order valence-electron chi connectivity index (χ4n) is 2.67. The number of hydrazone groups is 1. The zero-order valence-corrected chi connectivity index (χ0v) is 13.5. The lowest BCUT2D eigenvalue weighted by molar-refractivity contribution is -0.0765. The molecule has 1 aliphatic heterocycles. The van der Waals surface area contributed by atoms with E-state index in [0.717, 1.165) is 5.71 Å². The minimum Gasteiger partial charge on any atom is -0.365 e. The van der Waals surface area contributed by atoms with E-state index in [1.54, 1.807) is 36.4 Å². The molecule has 23 heavy (non-hydrogen) atoms. The first-order chi connectivity index (χ1) is 11.0. The topological polar surface area (TPSA) is 52.9 Å². The van der Waals surface area contributed by atoms with E-state index in [9.17, 15) is 9.90 Å². The Balaban J connectivity index is 2.01. The van der Waals surface area contributed by atoms with Gasteiger partial charge in [0.15, 0.2) is 5.72 Å². The van der Waals surface area contributed by atoms with Gasteiger partial charge in [-0.25, -0.2) is 0 Å². The van der Waals surface area contributed by atoms with Crippen LogP contribution < -0.4 is 0 Å². The lowest BCUT2D eigenvalue weighted by Crippen LogP contribution is -2.43. The van der Waals surface area contributed by atoms with Gasteiger partial charge in [0.25, 0.3) is 5.91 Å². The standard InChI is InChI=1S/C18H17ClN2O2/c1-2-16-12-18(23,14-6-4-3-5-7-14)21(20-16)17(22)13-8-10-15(19)11-9-13/h3-11,23H,2,12H2,1H3/t18-/m0/s1. The Kier molecular flexibility index (Phi) is 4.20. The van der Waals surface area contributed by atoms with Crippen molar-refractivity contribution in [2.75, 3.05) is 0 Å². The number of aliphatic hydroxyl groups is 1. The zero-order valence-electron chi connectivity index (χ0n) is 12.7. The summed E-state index contributed by atoms with van der Waals surface area (Å²) in [7, 11) is 0. The van der Waals surface area contributed by atoms with Crippen molar-refractivity contribution < 1.29 is 9.90 Å². The van der Waals surface area contributed by atoms with Gasteiger partial charge < -0.3 is 5.11 Å². The maximum atomic E-state index is 12.8. The average molecular weight is 329 g/mol. The molecule has 0 saturated heterocycles. The molecule has 0 fully saturated rings. The van der Waals surface area contributed by atoms with Gasteiger partial charge in [0.1, 0.15) is 0 Å². The third kappa shape index (κ3) is 2.87. The SMILES string of the molecule is CCC1=NN(C(=O)c2ccc(Cl)cc2)[C@@](O)(c2ccccc2)C1. The van der Waals surface area contributed by atoms with Crippen molar-refractivity contribution >= 4 is 23.2 Å². The van der Waals surface area contributed by atoms with Crippen LogP contribution in [0.25, 0.3) is 0 Å². The minimum atomic E-state index is -1.46. The number of nitrogens with zero attached hydrogens (tertiary/aromatic N) is 2. The molecule has 0 aromatic heterocycles. The van der Waals surface area contributed by atoms with Gasteiger partial charge in [0.2, 0.25) is 0 Å². The highest BCUT2D eigenvalue weighted by Crippen LogP contribution is 2.37. The van der Waals surface area contributed by atoms with Crippen LogP contribution in [0, 0.1) is 0 Å². The van der Waals surface area contributed by atoms with Gasteiger partial charge in [0, 0.05) is 28.3 Å². The smallest absolute Gasteiger partial charge is 0.276 e. The second-order valence-electron chi connectivity index (χ2n) is 5.50. The molecule has 0 spiro atoms. The number of halogens is 1. The predicted octanol–water partition coefficient (Wildman–Crippen LogP) is 3.80. The summed E-state index contributed by atoms with van der Waals surface area (Å²) in [6.07, 6.45) is 0.992. The fraction of sp³-hybridized carbons (Fsp3) is 0.222. The average Bonchev–Trinajstić information content (AvgIpc) is 2.94. The van der Waals surface area contributed by atoms with E-state index in [2.05, 4.69) is 5.10 Å². The van der Waals surface area contributed by atoms with Gasteiger partial charge in [0.05, 0.1) is 0 Å². The first kappa shape index (κ1) is 15.7. The Morgan fingerprint density at radius 3 is 2.48 bits per heavy atom. The monoisotopic (exact) mass is 328 g/mol. The van der Waals surface area contributed by atoms with Crippen molar-refractivity contribution in [1.29, 1.82) is 0 Å². The Bertz CT molecular complexity index is 743. The second-order valence-corrected chi connectivity index (χ2v) is 5.94. The summed E-state index contributed by atoms with van der Waals surface area (Å²) in [5.41, 5.74) is 0.418. The molecule has 1 amide bonds. The van der Waals surface area contributed by atoms with Gasteiger partial charge in [-0.05, 0) is 30.7 Å². The van der Waals surface area contributed by atoms with Crippen LogP contribution in [0.15, 0.2) is 59.7 Å². The number of hydrogen-bond acceptors (Lipinski definition) is 3. The maximum absolute atomic E-state index is 12.8. The number of carbonyl (C=O) groups excluding carboxylic acids is 1. The minimum absolute atomic E-state index is 0.312. The molecule has 118 valence electrons. The van der Waals surface area contributed by atoms with Crippen LogP contribution in [0.4, 0.5) is 0 Å². The second kappa shape index (κ2) is 6.14. The molecular formula is C18H17ClN2O2. The van der Waals surface area contributed by atoms with Crippen LogP contribution in [0.5, 0.6) is 0 Å². The van der Waals surface area contributed by atoms with Crippen LogP contribution >= 0.6 is 11.6 Å². The molecule has 5 heteroatoms.